The number of nitriles is 1. The van der Waals surface area contributed by atoms with Crippen molar-refractivity contribution in [3.8, 4) is 6.07 Å². The fourth-order valence-corrected chi connectivity index (χ4v) is 0.991. The first kappa shape index (κ1) is 12.0. The minimum atomic E-state index is -4.67. The summed E-state index contributed by atoms with van der Waals surface area (Å²) < 4.78 is 41.3. The summed E-state index contributed by atoms with van der Waals surface area (Å²) in [7, 11) is 1.06. The topological polar surface area (TPSA) is 63.0 Å². The number of aromatic nitrogens is 1. The molecule has 0 aliphatic rings. The molecular formula is C9H5F3N2O2. The zero-order valence-electron chi connectivity index (χ0n) is 8.00. The fourth-order valence-electron chi connectivity index (χ4n) is 0.991. The summed E-state index contributed by atoms with van der Waals surface area (Å²) >= 11 is 0. The predicted molar refractivity (Wildman–Crippen MR) is 45.3 cm³/mol. The maximum absolute atomic E-state index is 12.3. The quantitative estimate of drug-likeness (QED) is 0.689. The fraction of sp³-hybridized carbons (Fsp3) is 0.222. The first-order valence-electron chi connectivity index (χ1n) is 3.96. The maximum atomic E-state index is 12.3. The lowest BCUT2D eigenvalue weighted by Crippen LogP contribution is -2.12. The number of alkyl halides is 3. The Bertz CT molecular complexity index is 463. The van der Waals surface area contributed by atoms with Crippen molar-refractivity contribution in [3.63, 3.8) is 0 Å². The third-order valence-electron chi connectivity index (χ3n) is 1.70. The van der Waals surface area contributed by atoms with E-state index in [9.17, 15) is 18.0 Å². The number of rotatable bonds is 1. The molecule has 0 radical (unpaired) electrons. The van der Waals surface area contributed by atoms with Crippen molar-refractivity contribution in [2.24, 2.45) is 0 Å². The van der Waals surface area contributed by atoms with E-state index >= 15 is 0 Å². The van der Waals surface area contributed by atoms with Crippen molar-refractivity contribution in [1.29, 1.82) is 5.26 Å². The van der Waals surface area contributed by atoms with Gasteiger partial charge in [0.05, 0.1) is 12.7 Å². The van der Waals surface area contributed by atoms with E-state index in [0.29, 0.717) is 6.07 Å². The van der Waals surface area contributed by atoms with Crippen LogP contribution in [0.3, 0.4) is 0 Å². The number of pyridine rings is 1. The molecule has 1 aromatic rings. The van der Waals surface area contributed by atoms with E-state index in [4.69, 9.17) is 5.26 Å². The molecule has 16 heavy (non-hydrogen) atoms. The Hall–Kier alpha value is -2.10. The zero-order chi connectivity index (χ0) is 12.3. The van der Waals surface area contributed by atoms with Gasteiger partial charge in [0.2, 0.25) is 0 Å². The molecule has 0 aliphatic heterocycles. The molecule has 1 heterocycles. The molecule has 1 aromatic heterocycles. The number of hydrogen-bond donors (Lipinski definition) is 0. The number of hydrogen-bond acceptors (Lipinski definition) is 4. The molecule has 0 aliphatic carbocycles. The minimum Gasteiger partial charge on any atom is -0.464 e. The highest BCUT2D eigenvalue weighted by Crippen LogP contribution is 2.31. The summed E-state index contributed by atoms with van der Waals surface area (Å²) in [5, 5.41) is 8.50. The highest BCUT2D eigenvalue weighted by Gasteiger charge is 2.34. The number of nitrogens with zero attached hydrogens (tertiary/aromatic N) is 2. The molecule has 0 saturated carbocycles. The van der Waals surface area contributed by atoms with Crippen LogP contribution in [0.25, 0.3) is 0 Å². The second kappa shape index (κ2) is 4.18. The van der Waals surface area contributed by atoms with Crippen LogP contribution in [0.2, 0.25) is 0 Å². The summed E-state index contributed by atoms with van der Waals surface area (Å²) in [6, 6.07) is 2.76. The van der Waals surface area contributed by atoms with Gasteiger partial charge < -0.3 is 4.74 Å². The Morgan fingerprint density at radius 1 is 1.50 bits per heavy atom. The molecule has 0 unspecified atom stereocenters. The summed E-state index contributed by atoms with van der Waals surface area (Å²) in [5.74, 6) is -0.898. The van der Waals surface area contributed by atoms with Crippen LogP contribution in [0.15, 0.2) is 12.1 Å². The van der Waals surface area contributed by atoms with Crippen LogP contribution >= 0.6 is 0 Å². The summed E-state index contributed by atoms with van der Waals surface area (Å²) in [6.07, 6.45) is -4.67. The van der Waals surface area contributed by atoms with Gasteiger partial charge in [0.1, 0.15) is 11.8 Å². The standard InChI is InChI=1S/C9H5F3N2O2/c1-16-8(15)6-3-2-5(9(10,11)12)7(4-13)14-6/h2-3H,1H3. The van der Waals surface area contributed by atoms with E-state index in [1.807, 2.05) is 0 Å². The second-order valence-corrected chi connectivity index (χ2v) is 2.69. The molecule has 0 atom stereocenters. The molecule has 7 heteroatoms. The molecule has 0 bridgehead atoms. The van der Waals surface area contributed by atoms with Crippen LogP contribution in [0.4, 0.5) is 13.2 Å². The summed E-state index contributed by atoms with van der Waals surface area (Å²) in [5.41, 5.74) is -2.37. The van der Waals surface area contributed by atoms with Gasteiger partial charge in [-0.15, -0.1) is 0 Å². The average Bonchev–Trinajstić information content (AvgIpc) is 2.25. The predicted octanol–water partition coefficient (Wildman–Crippen LogP) is 1.76. The van der Waals surface area contributed by atoms with E-state index in [2.05, 4.69) is 9.72 Å². The molecule has 0 saturated heterocycles. The molecule has 0 aromatic carbocycles. The van der Waals surface area contributed by atoms with E-state index in [1.54, 1.807) is 0 Å². The van der Waals surface area contributed by atoms with Gasteiger partial charge in [-0.1, -0.05) is 0 Å². The molecule has 0 N–H and O–H groups in total. The lowest BCUT2D eigenvalue weighted by Gasteiger charge is -2.08. The van der Waals surface area contributed by atoms with Crippen molar-refractivity contribution in [3.05, 3.63) is 29.1 Å². The van der Waals surface area contributed by atoms with Gasteiger partial charge in [0.15, 0.2) is 5.69 Å². The van der Waals surface area contributed by atoms with Crippen LogP contribution in [-0.2, 0) is 10.9 Å². The molecule has 0 amide bonds. The minimum absolute atomic E-state index is 0.341. The van der Waals surface area contributed by atoms with Gasteiger partial charge in [0, 0.05) is 0 Å². The van der Waals surface area contributed by atoms with Crippen LogP contribution in [0.1, 0.15) is 21.7 Å². The lowest BCUT2D eigenvalue weighted by atomic mass is 10.1. The Morgan fingerprint density at radius 2 is 2.12 bits per heavy atom. The molecule has 1 rings (SSSR count). The lowest BCUT2D eigenvalue weighted by molar-refractivity contribution is -0.138. The molecular weight excluding hydrogens is 225 g/mol. The van der Waals surface area contributed by atoms with Gasteiger partial charge in [-0.2, -0.15) is 18.4 Å². The smallest absolute Gasteiger partial charge is 0.419 e. The van der Waals surface area contributed by atoms with E-state index in [1.165, 1.54) is 6.07 Å². The molecule has 84 valence electrons. The Balaban J connectivity index is 3.29. The second-order valence-electron chi connectivity index (χ2n) is 2.69. The largest absolute Gasteiger partial charge is 0.464 e. The van der Waals surface area contributed by atoms with Crippen molar-refractivity contribution in [2.45, 2.75) is 6.18 Å². The SMILES string of the molecule is COC(=O)c1ccc(C(F)(F)F)c(C#N)n1. The number of ether oxygens (including phenoxy) is 1. The van der Waals surface area contributed by atoms with Crippen LogP contribution < -0.4 is 0 Å². The van der Waals surface area contributed by atoms with Crippen LogP contribution in [-0.4, -0.2) is 18.1 Å². The van der Waals surface area contributed by atoms with Crippen LogP contribution in [0.5, 0.6) is 0 Å². The van der Waals surface area contributed by atoms with Crippen LogP contribution in [0, 0.1) is 11.3 Å². The highest BCUT2D eigenvalue weighted by molar-refractivity contribution is 5.87. The van der Waals surface area contributed by atoms with Gasteiger partial charge in [-0.05, 0) is 12.1 Å². The normalized spacial score (nSPS) is 10.7. The zero-order valence-corrected chi connectivity index (χ0v) is 8.00. The molecule has 4 nitrogen and oxygen atoms in total. The van der Waals surface area contributed by atoms with Crippen molar-refractivity contribution < 1.29 is 22.7 Å². The Kier molecular flexibility index (Phi) is 3.13. The van der Waals surface area contributed by atoms with Crippen molar-refractivity contribution >= 4 is 5.97 Å². The molecule has 0 spiro atoms. The number of methoxy groups -OCH3 is 1. The van der Waals surface area contributed by atoms with E-state index in [0.717, 1.165) is 13.2 Å². The van der Waals surface area contributed by atoms with E-state index in [-0.39, 0.29) is 5.69 Å². The average molecular weight is 230 g/mol. The number of carbonyl (C=O) groups is 1. The highest BCUT2D eigenvalue weighted by atomic mass is 19.4. The van der Waals surface area contributed by atoms with Gasteiger partial charge in [-0.25, -0.2) is 9.78 Å². The van der Waals surface area contributed by atoms with Crippen molar-refractivity contribution in [1.82, 2.24) is 4.98 Å². The first-order chi connectivity index (χ1) is 7.40. The first-order valence-corrected chi connectivity index (χ1v) is 3.96. The third-order valence-corrected chi connectivity index (χ3v) is 1.70. The van der Waals surface area contributed by atoms with E-state index < -0.39 is 23.4 Å². The number of esters is 1. The van der Waals surface area contributed by atoms with Gasteiger partial charge in [-0.3, -0.25) is 0 Å². The Labute approximate surface area is 88.3 Å². The van der Waals surface area contributed by atoms with Gasteiger partial charge >= 0.3 is 12.1 Å². The van der Waals surface area contributed by atoms with Crippen molar-refractivity contribution in [2.75, 3.05) is 7.11 Å². The summed E-state index contributed by atoms with van der Waals surface area (Å²) in [4.78, 5) is 14.2. The number of carbonyl (C=O) groups excluding carboxylic acids is 1. The monoisotopic (exact) mass is 230 g/mol. The Morgan fingerprint density at radius 3 is 2.56 bits per heavy atom. The molecule has 0 fully saturated rings. The van der Waals surface area contributed by atoms with Gasteiger partial charge in [0.25, 0.3) is 0 Å². The summed E-state index contributed by atoms with van der Waals surface area (Å²) in [6.45, 7) is 0. The maximum Gasteiger partial charge on any atom is 0.419 e. The number of halogens is 3. The third kappa shape index (κ3) is 2.28.